The summed E-state index contributed by atoms with van der Waals surface area (Å²) in [5.41, 5.74) is 15.3. The molecule has 0 amide bonds. The molecule has 4 aliphatic carbocycles. The molecule has 0 saturated heterocycles. The van der Waals surface area contributed by atoms with Gasteiger partial charge in [0.05, 0.1) is 12.7 Å². The standard InChI is InChI=1S/C31H48N2O3/c1-19(4-11-29(34)35)25-9-10-26-24-8-6-21-16-23(36-18-20-5-7-22(32)17-28(20)33)12-14-30(21,2)27(24)13-15-31(25,26)3/h5,7,17,19,21,23-27H,4,6,8-16,18,32-33H2,1-3H3,(H,34,35)/t19-,21?,23?,24+,25-,26+,27+,30+,31-/m1/s1. The number of anilines is 2. The number of carbonyl (C=O) groups is 1. The first-order chi connectivity index (χ1) is 17.1. The van der Waals surface area contributed by atoms with E-state index in [2.05, 4.69) is 20.8 Å². The van der Waals surface area contributed by atoms with E-state index in [0.717, 1.165) is 47.8 Å². The summed E-state index contributed by atoms with van der Waals surface area (Å²) in [6.07, 6.45) is 13.2. The van der Waals surface area contributed by atoms with Gasteiger partial charge in [0, 0.05) is 23.4 Å². The summed E-state index contributed by atoms with van der Waals surface area (Å²) in [7, 11) is 0. The Bertz CT molecular complexity index is 965. The van der Waals surface area contributed by atoms with Crippen molar-refractivity contribution < 1.29 is 14.6 Å². The maximum atomic E-state index is 11.2. The largest absolute Gasteiger partial charge is 0.481 e. The third kappa shape index (κ3) is 4.54. The zero-order valence-electron chi connectivity index (χ0n) is 22.7. The molecule has 5 heteroatoms. The second kappa shape index (κ2) is 9.85. The number of ether oxygens (including phenoxy) is 1. The van der Waals surface area contributed by atoms with Crippen LogP contribution >= 0.6 is 0 Å². The smallest absolute Gasteiger partial charge is 0.303 e. The molecule has 200 valence electrons. The van der Waals surface area contributed by atoms with Gasteiger partial charge in [-0.15, -0.1) is 0 Å². The van der Waals surface area contributed by atoms with Gasteiger partial charge in [0.2, 0.25) is 0 Å². The number of carboxylic acids is 1. The molecular weight excluding hydrogens is 448 g/mol. The SMILES string of the molecule is C[C@H](CCC(=O)O)[C@H]1CC[C@H]2[C@@H]3CCC4CC(OCc5ccc(N)cc5N)CC[C@]4(C)[C@H]3CC[C@]12C. The Morgan fingerprint density at radius 2 is 1.81 bits per heavy atom. The predicted molar refractivity (Wildman–Crippen MR) is 145 cm³/mol. The van der Waals surface area contributed by atoms with E-state index in [4.69, 9.17) is 16.2 Å². The highest BCUT2D eigenvalue weighted by Gasteiger charge is 2.60. The minimum atomic E-state index is -0.645. The Morgan fingerprint density at radius 1 is 1.06 bits per heavy atom. The predicted octanol–water partition coefficient (Wildman–Crippen LogP) is 6.90. The van der Waals surface area contributed by atoms with E-state index in [0.29, 0.717) is 47.5 Å². The summed E-state index contributed by atoms with van der Waals surface area (Å²) in [4.78, 5) is 11.2. The minimum Gasteiger partial charge on any atom is -0.481 e. The monoisotopic (exact) mass is 496 g/mol. The van der Waals surface area contributed by atoms with Crippen molar-refractivity contribution in [1.82, 2.24) is 0 Å². The molecule has 0 radical (unpaired) electrons. The molecule has 2 unspecified atom stereocenters. The van der Waals surface area contributed by atoms with Crippen LogP contribution in [0.4, 0.5) is 11.4 Å². The normalized spacial score (nSPS) is 40.6. The Kier molecular flexibility index (Phi) is 7.08. The molecule has 1 aromatic rings. The fourth-order valence-corrected chi connectivity index (χ4v) is 9.85. The van der Waals surface area contributed by atoms with Crippen molar-refractivity contribution in [2.24, 2.45) is 46.3 Å². The van der Waals surface area contributed by atoms with Gasteiger partial charge in [-0.25, -0.2) is 0 Å². The number of hydrogen-bond acceptors (Lipinski definition) is 4. The Balaban J connectivity index is 1.22. The summed E-state index contributed by atoms with van der Waals surface area (Å²) in [5, 5.41) is 9.21. The van der Waals surface area contributed by atoms with Crippen molar-refractivity contribution in [3.8, 4) is 0 Å². The van der Waals surface area contributed by atoms with Gasteiger partial charge >= 0.3 is 5.97 Å². The fraction of sp³-hybridized carbons (Fsp3) is 0.774. The maximum absolute atomic E-state index is 11.2. The lowest BCUT2D eigenvalue weighted by Crippen LogP contribution is -2.54. The van der Waals surface area contributed by atoms with E-state index in [9.17, 15) is 9.90 Å². The average molecular weight is 497 g/mol. The van der Waals surface area contributed by atoms with Crippen LogP contribution in [0.5, 0.6) is 0 Å². The zero-order chi connectivity index (χ0) is 25.7. The number of hydrogen-bond donors (Lipinski definition) is 3. The quantitative estimate of drug-likeness (QED) is 0.357. The number of aliphatic carboxylic acids is 1. The van der Waals surface area contributed by atoms with E-state index in [1.54, 1.807) is 0 Å². The van der Waals surface area contributed by atoms with Crippen molar-refractivity contribution in [1.29, 1.82) is 0 Å². The molecule has 5 N–H and O–H groups in total. The van der Waals surface area contributed by atoms with Crippen LogP contribution in [-0.4, -0.2) is 17.2 Å². The topological polar surface area (TPSA) is 98.6 Å². The fourth-order valence-electron chi connectivity index (χ4n) is 9.85. The third-order valence-electron chi connectivity index (χ3n) is 11.8. The van der Waals surface area contributed by atoms with E-state index in [-0.39, 0.29) is 0 Å². The summed E-state index contributed by atoms with van der Waals surface area (Å²) in [5.74, 6) is 3.85. The van der Waals surface area contributed by atoms with Crippen LogP contribution in [0.1, 0.15) is 97.0 Å². The Labute approximate surface area is 217 Å². The van der Waals surface area contributed by atoms with Gasteiger partial charge < -0.3 is 21.3 Å². The summed E-state index contributed by atoms with van der Waals surface area (Å²) >= 11 is 0. The van der Waals surface area contributed by atoms with Crippen LogP contribution in [-0.2, 0) is 16.1 Å². The lowest BCUT2D eigenvalue weighted by atomic mass is 9.44. The molecule has 0 bridgehead atoms. The maximum Gasteiger partial charge on any atom is 0.303 e. The van der Waals surface area contributed by atoms with Crippen LogP contribution in [0, 0.1) is 46.3 Å². The van der Waals surface area contributed by atoms with E-state index < -0.39 is 5.97 Å². The number of fused-ring (bicyclic) bond motifs is 5. The van der Waals surface area contributed by atoms with Crippen molar-refractivity contribution >= 4 is 17.3 Å². The van der Waals surface area contributed by atoms with Crippen molar-refractivity contribution in [3.05, 3.63) is 23.8 Å². The van der Waals surface area contributed by atoms with E-state index >= 15 is 0 Å². The number of carboxylic acid groups (broad SMARTS) is 1. The van der Waals surface area contributed by atoms with Gasteiger partial charge in [0.25, 0.3) is 0 Å². The van der Waals surface area contributed by atoms with Gasteiger partial charge in [0.1, 0.15) is 0 Å². The van der Waals surface area contributed by atoms with Crippen molar-refractivity contribution in [2.45, 2.75) is 104 Å². The molecule has 0 heterocycles. The minimum absolute atomic E-state index is 0.318. The lowest BCUT2D eigenvalue weighted by molar-refractivity contribution is -0.140. The van der Waals surface area contributed by atoms with Crippen LogP contribution in [0.2, 0.25) is 0 Å². The van der Waals surface area contributed by atoms with E-state index in [1.807, 2.05) is 18.2 Å². The zero-order valence-corrected chi connectivity index (χ0v) is 22.7. The summed E-state index contributed by atoms with van der Waals surface area (Å²) in [6, 6.07) is 5.74. The number of rotatable bonds is 7. The molecule has 0 aromatic heterocycles. The van der Waals surface area contributed by atoms with Gasteiger partial charge in [-0.1, -0.05) is 26.8 Å². The van der Waals surface area contributed by atoms with Crippen LogP contribution in [0.25, 0.3) is 0 Å². The second-order valence-corrected chi connectivity index (χ2v) is 13.5. The van der Waals surface area contributed by atoms with Gasteiger partial charge in [-0.05, 0) is 123 Å². The van der Waals surface area contributed by atoms with Crippen LogP contribution in [0.3, 0.4) is 0 Å². The van der Waals surface area contributed by atoms with Crippen molar-refractivity contribution in [2.75, 3.05) is 11.5 Å². The van der Waals surface area contributed by atoms with Gasteiger partial charge in [-0.2, -0.15) is 0 Å². The third-order valence-corrected chi connectivity index (χ3v) is 11.8. The molecule has 4 fully saturated rings. The highest BCUT2D eigenvalue weighted by atomic mass is 16.5. The first kappa shape index (κ1) is 25.9. The molecule has 9 atom stereocenters. The summed E-state index contributed by atoms with van der Waals surface area (Å²) < 4.78 is 6.42. The number of nitrogens with two attached hydrogens (primary N) is 2. The van der Waals surface area contributed by atoms with E-state index in [1.165, 1.54) is 51.4 Å². The molecule has 0 spiro atoms. The van der Waals surface area contributed by atoms with Crippen molar-refractivity contribution in [3.63, 3.8) is 0 Å². The Morgan fingerprint density at radius 3 is 2.56 bits per heavy atom. The molecular formula is C31H48N2O3. The molecule has 5 nitrogen and oxygen atoms in total. The first-order valence-corrected chi connectivity index (χ1v) is 14.6. The summed E-state index contributed by atoms with van der Waals surface area (Å²) in [6.45, 7) is 8.09. The number of nitrogen functional groups attached to an aromatic ring is 2. The second-order valence-electron chi connectivity index (χ2n) is 13.5. The number of benzene rings is 1. The molecule has 1 aromatic carbocycles. The lowest BCUT2D eigenvalue weighted by Gasteiger charge is -2.61. The average Bonchev–Trinajstić information content (AvgIpc) is 3.19. The van der Waals surface area contributed by atoms with Crippen LogP contribution in [0.15, 0.2) is 18.2 Å². The molecule has 36 heavy (non-hydrogen) atoms. The molecule has 5 rings (SSSR count). The Hall–Kier alpha value is -1.75. The highest BCUT2D eigenvalue weighted by Crippen LogP contribution is 2.68. The molecule has 0 aliphatic heterocycles. The van der Waals surface area contributed by atoms with Crippen LogP contribution < -0.4 is 11.5 Å². The first-order valence-electron chi connectivity index (χ1n) is 14.6. The van der Waals surface area contributed by atoms with Gasteiger partial charge in [-0.3, -0.25) is 4.79 Å². The highest BCUT2D eigenvalue weighted by molar-refractivity contribution is 5.66. The van der Waals surface area contributed by atoms with Gasteiger partial charge in [0.15, 0.2) is 0 Å². The molecule has 4 saturated carbocycles. The molecule has 4 aliphatic rings.